The molecule has 0 aliphatic heterocycles. The van der Waals surface area contributed by atoms with E-state index in [0.29, 0.717) is 50.4 Å². The van der Waals surface area contributed by atoms with Crippen LogP contribution in [0, 0.1) is 0 Å². The van der Waals surface area contributed by atoms with Gasteiger partial charge in [0.2, 0.25) is 0 Å². The molecular formula is C31H28Br2ClN3O5. The lowest BCUT2D eigenvalue weighted by atomic mass is 9.88. The van der Waals surface area contributed by atoms with Crippen molar-refractivity contribution in [1.29, 1.82) is 0 Å². The van der Waals surface area contributed by atoms with Crippen molar-refractivity contribution in [2.75, 3.05) is 6.61 Å². The van der Waals surface area contributed by atoms with Crippen LogP contribution in [-0.2, 0) is 6.61 Å². The summed E-state index contributed by atoms with van der Waals surface area (Å²) in [6.45, 7) is 2.28. The minimum atomic E-state index is -1.02. The number of halogens is 3. The number of carboxylic acid groups (broad SMARTS) is 1. The van der Waals surface area contributed by atoms with Crippen molar-refractivity contribution in [3.63, 3.8) is 0 Å². The largest absolute Gasteiger partial charge is 0.490 e. The van der Waals surface area contributed by atoms with Gasteiger partial charge in [-0.3, -0.25) is 4.79 Å². The highest BCUT2D eigenvalue weighted by Crippen LogP contribution is 2.43. The molecule has 0 saturated heterocycles. The highest BCUT2D eigenvalue weighted by molar-refractivity contribution is 9.10. The van der Waals surface area contributed by atoms with Crippen LogP contribution < -0.4 is 15.0 Å². The van der Waals surface area contributed by atoms with Gasteiger partial charge in [0.15, 0.2) is 11.5 Å². The summed E-state index contributed by atoms with van der Waals surface area (Å²) in [7, 11) is 0. The number of rotatable bonds is 9. The van der Waals surface area contributed by atoms with Crippen LogP contribution in [0.4, 0.5) is 0 Å². The molecule has 42 heavy (non-hydrogen) atoms. The zero-order chi connectivity index (χ0) is 29.8. The van der Waals surface area contributed by atoms with E-state index < -0.39 is 5.97 Å². The second-order valence-corrected chi connectivity index (χ2v) is 12.1. The van der Waals surface area contributed by atoms with Gasteiger partial charge in [0.1, 0.15) is 17.5 Å². The molecule has 11 heteroatoms. The molecule has 0 amide bonds. The highest BCUT2D eigenvalue weighted by Gasteiger charge is 2.23. The fraction of sp³-hybridized carbons (Fsp3) is 0.290. The molecule has 1 fully saturated rings. The van der Waals surface area contributed by atoms with E-state index in [1.165, 1.54) is 17.2 Å². The molecule has 1 N–H and O–H groups in total. The zero-order valence-corrected chi connectivity index (χ0v) is 26.7. The van der Waals surface area contributed by atoms with Crippen molar-refractivity contribution in [2.45, 2.75) is 51.6 Å². The van der Waals surface area contributed by atoms with Crippen molar-refractivity contribution >= 4 is 66.5 Å². The Balaban J connectivity index is 1.53. The third kappa shape index (κ3) is 6.55. The number of carboxylic acids is 1. The van der Waals surface area contributed by atoms with Crippen LogP contribution in [0.5, 0.6) is 11.5 Å². The second-order valence-electron chi connectivity index (χ2n) is 9.98. The zero-order valence-electron chi connectivity index (χ0n) is 22.8. The number of nitrogens with zero attached hydrogens (tertiary/aromatic N) is 3. The van der Waals surface area contributed by atoms with E-state index in [2.05, 4.69) is 37.0 Å². The standard InChI is InChI=1S/C31H28Br2ClN3O5/c1-2-41-25-14-21(26(33)27(34)28(25)42-17-18-7-6-10-20(13-18)31(39)40)16-35-37-29(19-8-4-3-5-9-19)36-24-12-11-22(32)15-23(24)30(37)38/h6-7,10-16,19H,2-5,8-9,17H2,1H3,(H,39,40). The number of hydrogen-bond acceptors (Lipinski definition) is 6. The van der Waals surface area contributed by atoms with E-state index in [1.807, 2.05) is 19.1 Å². The minimum absolute atomic E-state index is 0.0826. The van der Waals surface area contributed by atoms with Crippen molar-refractivity contribution in [3.8, 4) is 11.5 Å². The number of fused-ring (bicyclic) bond motifs is 1. The Bertz CT molecular complexity index is 1730. The molecule has 1 heterocycles. The second kappa shape index (κ2) is 13.4. The normalized spacial score (nSPS) is 14.0. The average Bonchev–Trinajstić information content (AvgIpc) is 2.99. The Morgan fingerprint density at radius 3 is 2.67 bits per heavy atom. The molecule has 0 bridgehead atoms. The SMILES string of the molecule is CCOc1cc(C=Nn2c(C3CCCCC3)nc3ccc(Br)cc3c2=O)c(Br)c(Cl)c1OCc1cccc(C(=O)O)c1. The molecule has 4 aromatic rings. The lowest BCUT2D eigenvalue weighted by Gasteiger charge is -2.23. The smallest absolute Gasteiger partial charge is 0.335 e. The quantitative estimate of drug-likeness (QED) is 0.175. The van der Waals surface area contributed by atoms with Gasteiger partial charge in [-0.1, -0.05) is 58.9 Å². The fourth-order valence-electron chi connectivity index (χ4n) is 5.07. The molecular weight excluding hydrogens is 690 g/mol. The summed E-state index contributed by atoms with van der Waals surface area (Å²) in [6.07, 6.45) is 6.82. The average molecular weight is 718 g/mol. The van der Waals surface area contributed by atoms with E-state index in [4.69, 9.17) is 26.1 Å². The van der Waals surface area contributed by atoms with Gasteiger partial charge >= 0.3 is 5.97 Å². The first-order chi connectivity index (χ1) is 20.3. The third-order valence-electron chi connectivity index (χ3n) is 7.13. The first-order valence-corrected chi connectivity index (χ1v) is 15.6. The Morgan fingerprint density at radius 1 is 1.14 bits per heavy atom. The number of ether oxygens (including phenoxy) is 2. The van der Waals surface area contributed by atoms with Gasteiger partial charge in [-0.15, -0.1) is 0 Å². The fourth-order valence-corrected chi connectivity index (χ4v) is 6.08. The van der Waals surface area contributed by atoms with Crippen molar-refractivity contribution in [2.24, 2.45) is 5.10 Å². The predicted molar refractivity (Wildman–Crippen MR) is 171 cm³/mol. The summed E-state index contributed by atoms with van der Waals surface area (Å²) in [5, 5.41) is 14.7. The van der Waals surface area contributed by atoms with Crippen LogP contribution >= 0.6 is 43.5 Å². The van der Waals surface area contributed by atoms with E-state index in [9.17, 15) is 14.7 Å². The van der Waals surface area contributed by atoms with E-state index in [0.717, 1.165) is 30.2 Å². The van der Waals surface area contributed by atoms with Crippen LogP contribution in [-0.4, -0.2) is 33.6 Å². The van der Waals surface area contributed by atoms with Crippen LogP contribution in [0.1, 0.15) is 72.3 Å². The van der Waals surface area contributed by atoms with Crippen LogP contribution in [0.2, 0.25) is 5.02 Å². The molecule has 218 valence electrons. The molecule has 0 atom stereocenters. The molecule has 0 spiro atoms. The first kappa shape index (κ1) is 30.3. The van der Waals surface area contributed by atoms with Gasteiger partial charge in [-0.25, -0.2) is 9.78 Å². The number of carbonyl (C=O) groups is 1. The topological polar surface area (TPSA) is 103 Å². The molecule has 0 radical (unpaired) electrons. The monoisotopic (exact) mass is 715 g/mol. The van der Waals surface area contributed by atoms with Gasteiger partial charge in [-0.2, -0.15) is 9.78 Å². The Hall–Kier alpha value is -3.21. The molecule has 0 unspecified atom stereocenters. The molecule has 8 nitrogen and oxygen atoms in total. The van der Waals surface area contributed by atoms with E-state index >= 15 is 0 Å². The summed E-state index contributed by atoms with van der Waals surface area (Å²) in [5.74, 6) is 0.471. The van der Waals surface area contributed by atoms with Crippen molar-refractivity contribution in [3.05, 3.63) is 95.4 Å². The molecule has 5 rings (SSSR count). The lowest BCUT2D eigenvalue weighted by Crippen LogP contribution is -2.25. The van der Waals surface area contributed by atoms with Gasteiger partial charge < -0.3 is 14.6 Å². The number of benzene rings is 3. The molecule has 1 saturated carbocycles. The Morgan fingerprint density at radius 2 is 1.93 bits per heavy atom. The summed E-state index contributed by atoms with van der Waals surface area (Å²) in [5.41, 5.74) is 1.82. The Kier molecular flexibility index (Phi) is 9.65. The molecule has 3 aromatic carbocycles. The van der Waals surface area contributed by atoms with Gasteiger partial charge in [-0.05, 0) is 77.7 Å². The summed E-state index contributed by atoms with van der Waals surface area (Å²) >= 11 is 13.8. The van der Waals surface area contributed by atoms with E-state index in [-0.39, 0.29) is 28.7 Å². The van der Waals surface area contributed by atoms with Crippen LogP contribution in [0.25, 0.3) is 10.9 Å². The van der Waals surface area contributed by atoms with Gasteiger partial charge in [0, 0.05) is 20.4 Å². The first-order valence-electron chi connectivity index (χ1n) is 13.6. The maximum atomic E-state index is 13.7. The number of aromatic nitrogens is 2. The molecule has 1 aromatic heterocycles. The van der Waals surface area contributed by atoms with Crippen LogP contribution in [0.3, 0.4) is 0 Å². The predicted octanol–water partition coefficient (Wildman–Crippen LogP) is 8.18. The highest BCUT2D eigenvalue weighted by atomic mass is 79.9. The maximum Gasteiger partial charge on any atom is 0.335 e. The third-order valence-corrected chi connectivity index (χ3v) is 9.07. The number of hydrogen-bond donors (Lipinski definition) is 1. The van der Waals surface area contributed by atoms with E-state index in [1.54, 1.807) is 36.5 Å². The van der Waals surface area contributed by atoms with Gasteiger partial charge in [0.25, 0.3) is 5.56 Å². The molecule has 1 aliphatic rings. The summed E-state index contributed by atoms with van der Waals surface area (Å²) in [6, 6.07) is 13.7. The summed E-state index contributed by atoms with van der Waals surface area (Å²) < 4.78 is 14.6. The van der Waals surface area contributed by atoms with Crippen molar-refractivity contribution < 1.29 is 19.4 Å². The van der Waals surface area contributed by atoms with Crippen LogP contribution in [0.15, 0.2) is 67.4 Å². The lowest BCUT2D eigenvalue weighted by molar-refractivity contribution is 0.0696. The maximum absolute atomic E-state index is 13.7. The molecule has 1 aliphatic carbocycles. The number of aromatic carboxylic acids is 1. The van der Waals surface area contributed by atoms with Gasteiger partial charge in [0.05, 0.1) is 29.3 Å². The Labute approximate surface area is 264 Å². The minimum Gasteiger partial charge on any atom is -0.490 e. The summed E-state index contributed by atoms with van der Waals surface area (Å²) in [4.78, 5) is 29.9. The van der Waals surface area contributed by atoms with Crippen molar-refractivity contribution in [1.82, 2.24) is 9.66 Å².